The number of rotatable bonds is 4. The lowest BCUT2D eigenvalue weighted by atomic mass is 10.1. The Balaban J connectivity index is 1.74. The fourth-order valence-electron chi connectivity index (χ4n) is 3.08. The third-order valence-corrected chi connectivity index (χ3v) is 5.01. The van der Waals surface area contributed by atoms with E-state index in [2.05, 4.69) is 25.8 Å². The standard InChI is InChI=1S/C19H22BrN3O2/c1-14-17(19(25)23-9-7-22(8-10-23)11-12-24)5-6-18(21-14)15-3-2-4-16(20)13-15/h2-6,13,24H,7-12H2,1H3. The average Bonchev–Trinajstić information content (AvgIpc) is 2.62. The maximum atomic E-state index is 12.8. The first-order valence-corrected chi connectivity index (χ1v) is 9.24. The molecule has 5 nitrogen and oxygen atoms in total. The molecule has 0 spiro atoms. The molecule has 1 N–H and O–H groups in total. The zero-order valence-electron chi connectivity index (χ0n) is 14.3. The minimum Gasteiger partial charge on any atom is -0.395 e. The summed E-state index contributed by atoms with van der Waals surface area (Å²) >= 11 is 3.48. The predicted molar refractivity (Wildman–Crippen MR) is 102 cm³/mol. The van der Waals surface area contributed by atoms with Crippen LogP contribution in [0.4, 0.5) is 0 Å². The molecule has 0 atom stereocenters. The first kappa shape index (κ1) is 18.0. The van der Waals surface area contributed by atoms with E-state index in [1.807, 2.05) is 48.2 Å². The molecule has 0 bridgehead atoms. The number of benzene rings is 1. The summed E-state index contributed by atoms with van der Waals surface area (Å²) in [7, 11) is 0. The minimum absolute atomic E-state index is 0.0365. The predicted octanol–water partition coefficient (Wildman–Crippen LogP) is 2.57. The Labute approximate surface area is 156 Å². The Morgan fingerprint density at radius 3 is 2.60 bits per heavy atom. The lowest BCUT2D eigenvalue weighted by molar-refractivity contribution is 0.0614. The highest BCUT2D eigenvalue weighted by atomic mass is 79.9. The van der Waals surface area contributed by atoms with Crippen molar-refractivity contribution < 1.29 is 9.90 Å². The van der Waals surface area contributed by atoms with Crippen LogP contribution >= 0.6 is 15.9 Å². The second kappa shape index (κ2) is 8.08. The fraction of sp³-hybridized carbons (Fsp3) is 0.368. The average molecular weight is 404 g/mol. The molecule has 0 saturated carbocycles. The number of piperazine rings is 1. The van der Waals surface area contributed by atoms with E-state index in [4.69, 9.17) is 5.11 Å². The van der Waals surface area contributed by atoms with Crippen molar-refractivity contribution in [3.63, 3.8) is 0 Å². The van der Waals surface area contributed by atoms with Crippen LogP contribution in [0.1, 0.15) is 16.1 Å². The summed E-state index contributed by atoms with van der Waals surface area (Å²) in [5.74, 6) is 0.0365. The maximum Gasteiger partial charge on any atom is 0.255 e. The van der Waals surface area contributed by atoms with Gasteiger partial charge in [-0.25, -0.2) is 0 Å². The van der Waals surface area contributed by atoms with Crippen LogP contribution in [0.5, 0.6) is 0 Å². The van der Waals surface area contributed by atoms with Crippen LogP contribution < -0.4 is 0 Å². The van der Waals surface area contributed by atoms with E-state index in [0.717, 1.165) is 34.5 Å². The zero-order valence-corrected chi connectivity index (χ0v) is 15.9. The molecular formula is C19H22BrN3O2. The fourth-order valence-corrected chi connectivity index (χ4v) is 3.48. The van der Waals surface area contributed by atoms with E-state index >= 15 is 0 Å². The highest BCUT2D eigenvalue weighted by molar-refractivity contribution is 9.10. The number of halogens is 1. The van der Waals surface area contributed by atoms with Crippen LogP contribution in [0.3, 0.4) is 0 Å². The molecule has 1 aliphatic heterocycles. The van der Waals surface area contributed by atoms with Crippen LogP contribution in [0.2, 0.25) is 0 Å². The van der Waals surface area contributed by atoms with E-state index in [1.165, 1.54) is 0 Å². The molecule has 3 rings (SSSR count). The van der Waals surface area contributed by atoms with Crippen molar-refractivity contribution in [2.24, 2.45) is 0 Å². The number of aliphatic hydroxyl groups is 1. The first-order valence-electron chi connectivity index (χ1n) is 8.44. The van der Waals surface area contributed by atoms with Crippen LogP contribution in [-0.2, 0) is 0 Å². The number of hydrogen-bond acceptors (Lipinski definition) is 4. The molecule has 25 heavy (non-hydrogen) atoms. The second-order valence-electron chi connectivity index (χ2n) is 6.20. The zero-order chi connectivity index (χ0) is 17.8. The topological polar surface area (TPSA) is 56.7 Å². The molecule has 1 aromatic heterocycles. The van der Waals surface area contributed by atoms with Crippen molar-refractivity contribution in [1.29, 1.82) is 0 Å². The highest BCUT2D eigenvalue weighted by Crippen LogP contribution is 2.23. The molecule has 0 unspecified atom stereocenters. The number of aryl methyl sites for hydroxylation is 1. The monoisotopic (exact) mass is 403 g/mol. The Morgan fingerprint density at radius 1 is 1.20 bits per heavy atom. The number of amides is 1. The van der Waals surface area contributed by atoms with Crippen molar-refractivity contribution in [1.82, 2.24) is 14.8 Å². The first-order chi connectivity index (χ1) is 12.1. The third kappa shape index (κ3) is 4.26. The normalized spacial score (nSPS) is 15.4. The van der Waals surface area contributed by atoms with Gasteiger partial charge < -0.3 is 10.0 Å². The Bertz CT molecular complexity index is 758. The lowest BCUT2D eigenvalue weighted by Crippen LogP contribution is -2.49. The molecule has 1 saturated heterocycles. The quantitative estimate of drug-likeness (QED) is 0.851. The van der Waals surface area contributed by atoms with Crippen molar-refractivity contribution in [3.05, 3.63) is 52.1 Å². The molecule has 1 amide bonds. The lowest BCUT2D eigenvalue weighted by Gasteiger charge is -2.34. The Morgan fingerprint density at radius 2 is 1.96 bits per heavy atom. The van der Waals surface area contributed by atoms with Gasteiger partial charge in [-0.05, 0) is 31.2 Å². The molecule has 1 aromatic carbocycles. The van der Waals surface area contributed by atoms with Crippen molar-refractivity contribution in [2.45, 2.75) is 6.92 Å². The third-order valence-electron chi connectivity index (χ3n) is 4.51. The van der Waals surface area contributed by atoms with Crippen LogP contribution in [-0.4, -0.2) is 65.1 Å². The van der Waals surface area contributed by atoms with E-state index in [9.17, 15) is 4.79 Å². The summed E-state index contributed by atoms with van der Waals surface area (Å²) in [4.78, 5) is 21.5. The molecule has 132 valence electrons. The van der Waals surface area contributed by atoms with E-state index in [1.54, 1.807) is 0 Å². The number of carbonyl (C=O) groups excluding carboxylic acids is 1. The van der Waals surface area contributed by atoms with Gasteiger partial charge in [0, 0.05) is 42.8 Å². The highest BCUT2D eigenvalue weighted by Gasteiger charge is 2.23. The van der Waals surface area contributed by atoms with Crippen LogP contribution in [0, 0.1) is 6.92 Å². The van der Waals surface area contributed by atoms with Crippen molar-refractivity contribution >= 4 is 21.8 Å². The summed E-state index contributed by atoms with van der Waals surface area (Å²) < 4.78 is 1.00. The second-order valence-corrected chi connectivity index (χ2v) is 7.11. The van der Waals surface area contributed by atoms with Gasteiger partial charge >= 0.3 is 0 Å². The summed E-state index contributed by atoms with van der Waals surface area (Å²) in [6.45, 7) is 5.69. The summed E-state index contributed by atoms with van der Waals surface area (Å²) in [6.07, 6.45) is 0. The van der Waals surface area contributed by atoms with Gasteiger partial charge in [-0.3, -0.25) is 14.7 Å². The molecule has 0 aliphatic carbocycles. The van der Waals surface area contributed by atoms with Gasteiger partial charge in [-0.1, -0.05) is 28.1 Å². The number of hydrogen-bond donors (Lipinski definition) is 1. The molecule has 0 radical (unpaired) electrons. The maximum absolute atomic E-state index is 12.8. The Kier molecular flexibility index (Phi) is 5.83. The van der Waals surface area contributed by atoms with Gasteiger partial charge in [0.25, 0.3) is 5.91 Å². The van der Waals surface area contributed by atoms with Gasteiger partial charge in [-0.15, -0.1) is 0 Å². The molecule has 2 aromatic rings. The minimum atomic E-state index is 0.0365. The number of aliphatic hydroxyl groups excluding tert-OH is 1. The molecule has 2 heterocycles. The SMILES string of the molecule is Cc1nc(-c2cccc(Br)c2)ccc1C(=O)N1CCN(CCO)CC1. The summed E-state index contributed by atoms with van der Waals surface area (Å²) in [6, 6.07) is 11.8. The van der Waals surface area contributed by atoms with Gasteiger partial charge in [0.1, 0.15) is 0 Å². The molecule has 6 heteroatoms. The van der Waals surface area contributed by atoms with Gasteiger partial charge in [0.05, 0.1) is 23.6 Å². The van der Waals surface area contributed by atoms with Gasteiger partial charge in [-0.2, -0.15) is 0 Å². The summed E-state index contributed by atoms with van der Waals surface area (Å²) in [5.41, 5.74) is 3.30. The van der Waals surface area contributed by atoms with E-state index in [-0.39, 0.29) is 12.5 Å². The summed E-state index contributed by atoms with van der Waals surface area (Å²) in [5, 5.41) is 9.01. The van der Waals surface area contributed by atoms with Crippen LogP contribution in [0.25, 0.3) is 11.3 Å². The number of pyridine rings is 1. The number of carbonyl (C=O) groups is 1. The smallest absolute Gasteiger partial charge is 0.255 e. The largest absolute Gasteiger partial charge is 0.395 e. The molecule has 1 aliphatic rings. The van der Waals surface area contributed by atoms with Gasteiger partial charge in [0.15, 0.2) is 0 Å². The molecular weight excluding hydrogens is 382 g/mol. The Hall–Kier alpha value is -1.76. The number of nitrogens with zero attached hydrogens (tertiary/aromatic N) is 3. The van der Waals surface area contributed by atoms with Crippen LogP contribution in [0.15, 0.2) is 40.9 Å². The number of aromatic nitrogens is 1. The van der Waals surface area contributed by atoms with E-state index in [0.29, 0.717) is 25.2 Å². The molecule has 1 fully saturated rings. The van der Waals surface area contributed by atoms with Crippen molar-refractivity contribution in [3.8, 4) is 11.3 Å². The van der Waals surface area contributed by atoms with E-state index < -0.39 is 0 Å². The van der Waals surface area contributed by atoms with Gasteiger partial charge in [0.2, 0.25) is 0 Å². The number of β-amino-alcohol motifs (C(OH)–C–C–N with tert-alkyl or cyclic N) is 1. The van der Waals surface area contributed by atoms with Crippen molar-refractivity contribution in [2.75, 3.05) is 39.3 Å².